The normalized spacial score (nSPS) is 17.9. The molecule has 1 aliphatic rings. The monoisotopic (exact) mass is 209 g/mol. The van der Waals surface area contributed by atoms with Gasteiger partial charge in [-0.2, -0.15) is 0 Å². The predicted octanol–water partition coefficient (Wildman–Crippen LogP) is 3.70. The second kappa shape index (κ2) is 3.67. The lowest BCUT2D eigenvalue weighted by atomic mass is 10.0. The van der Waals surface area contributed by atoms with Gasteiger partial charge in [0.25, 0.3) is 0 Å². The van der Waals surface area contributed by atoms with Crippen LogP contribution < -0.4 is 5.32 Å². The summed E-state index contributed by atoms with van der Waals surface area (Å²) in [6.45, 7) is 2.13. The minimum atomic E-state index is 0.443. The molecule has 0 radical (unpaired) electrons. The lowest BCUT2D eigenvalue weighted by Crippen LogP contribution is -2.05. The fourth-order valence-electron chi connectivity index (χ4n) is 2.30. The first kappa shape index (κ1) is 9.46. The average molecular weight is 209 g/mol. The molecule has 1 heterocycles. The fourth-order valence-corrected chi connectivity index (χ4v) is 2.30. The molecule has 0 aliphatic carbocycles. The highest BCUT2D eigenvalue weighted by molar-refractivity contribution is 5.58. The largest absolute Gasteiger partial charge is 0.378 e. The quantitative estimate of drug-likeness (QED) is 0.755. The fraction of sp³-hybridized carbons (Fsp3) is 0.200. The zero-order valence-corrected chi connectivity index (χ0v) is 9.40. The molecule has 0 unspecified atom stereocenters. The average Bonchev–Trinajstić information content (AvgIpc) is 2.73. The molecule has 0 fully saturated rings. The minimum Gasteiger partial charge on any atom is -0.378 e. The highest BCUT2D eigenvalue weighted by Gasteiger charge is 2.20. The molecule has 1 heteroatoms. The number of para-hydroxylation sites is 1. The van der Waals surface area contributed by atoms with Gasteiger partial charge in [-0.05, 0) is 30.5 Å². The van der Waals surface area contributed by atoms with E-state index in [-0.39, 0.29) is 0 Å². The molecule has 1 nitrogen and oxygen atoms in total. The van der Waals surface area contributed by atoms with E-state index in [1.165, 1.54) is 22.4 Å². The molecule has 0 saturated carbocycles. The van der Waals surface area contributed by atoms with E-state index in [0.717, 1.165) is 6.42 Å². The first-order valence-electron chi connectivity index (χ1n) is 5.74. The van der Waals surface area contributed by atoms with Crippen LogP contribution in [0.3, 0.4) is 0 Å². The summed E-state index contributed by atoms with van der Waals surface area (Å²) in [7, 11) is 0. The molecule has 1 N–H and O–H groups in total. The molecule has 1 aliphatic heterocycles. The molecular weight excluding hydrogens is 194 g/mol. The molecule has 0 saturated heterocycles. The van der Waals surface area contributed by atoms with Crippen molar-refractivity contribution in [1.29, 1.82) is 0 Å². The summed E-state index contributed by atoms with van der Waals surface area (Å²) in [6, 6.07) is 17.8. The summed E-state index contributed by atoms with van der Waals surface area (Å²) < 4.78 is 0. The summed E-state index contributed by atoms with van der Waals surface area (Å²) in [5.74, 6) is 0. The molecule has 1 atom stereocenters. The van der Waals surface area contributed by atoms with Crippen molar-refractivity contribution in [3.05, 3.63) is 65.2 Å². The maximum absolute atomic E-state index is 3.57. The zero-order chi connectivity index (χ0) is 11.0. The minimum absolute atomic E-state index is 0.443. The van der Waals surface area contributed by atoms with Crippen molar-refractivity contribution in [2.45, 2.75) is 19.4 Å². The number of benzene rings is 2. The van der Waals surface area contributed by atoms with Crippen LogP contribution in [0.4, 0.5) is 5.69 Å². The lowest BCUT2D eigenvalue weighted by Gasteiger charge is -2.11. The van der Waals surface area contributed by atoms with Crippen molar-refractivity contribution < 1.29 is 0 Å². The molecule has 3 rings (SSSR count). The highest BCUT2D eigenvalue weighted by Crippen LogP contribution is 2.33. The standard InChI is InChI=1S/C15H15N/c1-11-6-8-12(9-7-11)15-10-13-4-2-3-5-14(13)16-15/h2-9,15-16H,10H2,1H3/t15-/m1/s1. The third-order valence-electron chi connectivity index (χ3n) is 3.25. The predicted molar refractivity (Wildman–Crippen MR) is 67.7 cm³/mol. The van der Waals surface area contributed by atoms with Crippen LogP contribution in [-0.4, -0.2) is 0 Å². The van der Waals surface area contributed by atoms with Crippen molar-refractivity contribution in [3.63, 3.8) is 0 Å². The number of aryl methyl sites for hydroxylation is 1. The lowest BCUT2D eigenvalue weighted by molar-refractivity contribution is 0.824. The molecule has 0 aromatic heterocycles. The van der Waals surface area contributed by atoms with Gasteiger partial charge in [-0.3, -0.25) is 0 Å². The SMILES string of the molecule is Cc1ccc([C@H]2Cc3ccccc3N2)cc1. The second-order valence-electron chi connectivity index (χ2n) is 4.47. The Morgan fingerprint density at radius 3 is 2.50 bits per heavy atom. The number of hydrogen-bond acceptors (Lipinski definition) is 1. The Labute approximate surface area is 96.1 Å². The van der Waals surface area contributed by atoms with E-state index in [1.54, 1.807) is 0 Å². The van der Waals surface area contributed by atoms with Gasteiger partial charge in [-0.1, -0.05) is 48.0 Å². The molecule has 0 bridgehead atoms. The Hall–Kier alpha value is -1.76. The molecule has 0 spiro atoms. The van der Waals surface area contributed by atoms with Crippen molar-refractivity contribution >= 4 is 5.69 Å². The Balaban J connectivity index is 1.88. The number of anilines is 1. The van der Waals surface area contributed by atoms with E-state index in [2.05, 4.69) is 60.8 Å². The summed E-state index contributed by atoms with van der Waals surface area (Å²) in [6.07, 6.45) is 1.10. The highest BCUT2D eigenvalue weighted by atomic mass is 14.9. The Morgan fingerprint density at radius 2 is 1.75 bits per heavy atom. The molecule has 0 amide bonds. The third-order valence-corrected chi connectivity index (χ3v) is 3.25. The van der Waals surface area contributed by atoms with Gasteiger partial charge in [0.2, 0.25) is 0 Å². The van der Waals surface area contributed by atoms with E-state index < -0.39 is 0 Å². The van der Waals surface area contributed by atoms with Crippen molar-refractivity contribution in [2.75, 3.05) is 5.32 Å². The number of fused-ring (bicyclic) bond motifs is 1. The Kier molecular flexibility index (Phi) is 2.17. The van der Waals surface area contributed by atoms with Gasteiger partial charge in [-0.25, -0.2) is 0 Å². The second-order valence-corrected chi connectivity index (χ2v) is 4.47. The van der Waals surface area contributed by atoms with E-state index in [0.29, 0.717) is 6.04 Å². The first-order chi connectivity index (χ1) is 7.83. The summed E-state index contributed by atoms with van der Waals surface area (Å²) in [5.41, 5.74) is 5.40. The van der Waals surface area contributed by atoms with Gasteiger partial charge in [0.1, 0.15) is 0 Å². The summed E-state index contributed by atoms with van der Waals surface area (Å²) in [4.78, 5) is 0. The van der Waals surface area contributed by atoms with E-state index in [1.807, 2.05) is 0 Å². The maximum atomic E-state index is 3.57. The molecule has 2 aromatic carbocycles. The van der Waals surface area contributed by atoms with Crippen LogP contribution in [0.2, 0.25) is 0 Å². The smallest absolute Gasteiger partial charge is 0.0555 e. The Bertz CT molecular complexity index is 474. The molecule has 16 heavy (non-hydrogen) atoms. The van der Waals surface area contributed by atoms with Crippen LogP contribution >= 0.6 is 0 Å². The van der Waals surface area contributed by atoms with Gasteiger partial charge >= 0.3 is 0 Å². The number of nitrogens with one attached hydrogen (secondary N) is 1. The maximum Gasteiger partial charge on any atom is 0.0555 e. The molecule has 2 aromatic rings. The van der Waals surface area contributed by atoms with Gasteiger partial charge in [0.05, 0.1) is 6.04 Å². The van der Waals surface area contributed by atoms with Crippen molar-refractivity contribution in [1.82, 2.24) is 0 Å². The summed E-state index contributed by atoms with van der Waals surface area (Å²) in [5, 5.41) is 3.57. The van der Waals surface area contributed by atoms with Crippen LogP contribution in [0.25, 0.3) is 0 Å². The topological polar surface area (TPSA) is 12.0 Å². The summed E-state index contributed by atoms with van der Waals surface area (Å²) >= 11 is 0. The van der Waals surface area contributed by atoms with E-state index in [9.17, 15) is 0 Å². The van der Waals surface area contributed by atoms with Crippen LogP contribution in [0.5, 0.6) is 0 Å². The van der Waals surface area contributed by atoms with Gasteiger partial charge < -0.3 is 5.32 Å². The number of hydrogen-bond donors (Lipinski definition) is 1. The van der Waals surface area contributed by atoms with Crippen molar-refractivity contribution in [2.24, 2.45) is 0 Å². The Morgan fingerprint density at radius 1 is 1.00 bits per heavy atom. The van der Waals surface area contributed by atoms with Crippen LogP contribution in [-0.2, 0) is 6.42 Å². The van der Waals surface area contributed by atoms with Gasteiger partial charge in [-0.15, -0.1) is 0 Å². The molecular formula is C15H15N. The number of rotatable bonds is 1. The van der Waals surface area contributed by atoms with E-state index >= 15 is 0 Å². The van der Waals surface area contributed by atoms with Gasteiger partial charge in [0.15, 0.2) is 0 Å². The van der Waals surface area contributed by atoms with Crippen molar-refractivity contribution in [3.8, 4) is 0 Å². The van der Waals surface area contributed by atoms with Crippen LogP contribution in [0.15, 0.2) is 48.5 Å². The van der Waals surface area contributed by atoms with Gasteiger partial charge in [0, 0.05) is 5.69 Å². The first-order valence-corrected chi connectivity index (χ1v) is 5.74. The van der Waals surface area contributed by atoms with Crippen LogP contribution in [0, 0.1) is 6.92 Å². The van der Waals surface area contributed by atoms with E-state index in [4.69, 9.17) is 0 Å². The van der Waals surface area contributed by atoms with Crippen LogP contribution in [0.1, 0.15) is 22.7 Å². The zero-order valence-electron chi connectivity index (χ0n) is 9.40. The molecule has 80 valence electrons. The third kappa shape index (κ3) is 1.58.